The maximum Gasteiger partial charge on any atom is 0.133 e. The zero-order chi connectivity index (χ0) is 13.6. The normalized spacial score (nSPS) is 29.8. The lowest BCUT2D eigenvalue weighted by molar-refractivity contribution is 0.365. The topological polar surface area (TPSA) is 44.5 Å². The highest BCUT2D eigenvalue weighted by Crippen LogP contribution is 2.57. The summed E-state index contributed by atoms with van der Waals surface area (Å²) in [6.45, 7) is 0. The van der Waals surface area contributed by atoms with Crippen molar-refractivity contribution in [3.8, 4) is 11.5 Å². The molecule has 0 aromatic heterocycles. The van der Waals surface area contributed by atoms with Crippen molar-refractivity contribution in [2.24, 2.45) is 23.5 Å². The molecule has 2 aliphatic rings. The van der Waals surface area contributed by atoms with Crippen LogP contribution in [0.1, 0.15) is 30.9 Å². The quantitative estimate of drug-likeness (QED) is 0.921. The van der Waals surface area contributed by atoms with Gasteiger partial charge in [-0.05, 0) is 65.1 Å². The van der Waals surface area contributed by atoms with Crippen LogP contribution in [0.15, 0.2) is 16.6 Å². The predicted molar refractivity (Wildman–Crippen MR) is 78.5 cm³/mol. The van der Waals surface area contributed by atoms with Gasteiger partial charge < -0.3 is 15.2 Å². The number of hydrogen-bond donors (Lipinski definition) is 1. The minimum Gasteiger partial charge on any atom is -0.496 e. The van der Waals surface area contributed by atoms with Gasteiger partial charge in [-0.15, -0.1) is 0 Å². The van der Waals surface area contributed by atoms with Gasteiger partial charge in [-0.3, -0.25) is 0 Å². The molecule has 0 radical (unpaired) electrons. The number of ether oxygens (including phenoxy) is 2. The van der Waals surface area contributed by atoms with Crippen molar-refractivity contribution < 1.29 is 9.47 Å². The van der Waals surface area contributed by atoms with Gasteiger partial charge in [-0.1, -0.05) is 0 Å². The molecule has 1 aromatic rings. The largest absolute Gasteiger partial charge is 0.496 e. The lowest BCUT2D eigenvalue weighted by Crippen LogP contribution is -2.21. The third-order valence-corrected chi connectivity index (χ3v) is 5.27. The van der Waals surface area contributed by atoms with E-state index in [0.29, 0.717) is 5.92 Å². The van der Waals surface area contributed by atoms with Gasteiger partial charge >= 0.3 is 0 Å². The molecule has 2 fully saturated rings. The van der Waals surface area contributed by atoms with Crippen LogP contribution >= 0.6 is 15.9 Å². The second-order valence-electron chi connectivity index (χ2n) is 5.74. The molecular weight excluding hydrogens is 306 g/mol. The van der Waals surface area contributed by atoms with E-state index in [1.165, 1.54) is 19.3 Å². The Labute approximate surface area is 122 Å². The van der Waals surface area contributed by atoms with E-state index in [1.54, 1.807) is 14.2 Å². The van der Waals surface area contributed by atoms with Gasteiger partial charge in [0, 0.05) is 11.6 Å². The molecule has 2 saturated carbocycles. The first-order valence-corrected chi connectivity index (χ1v) is 7.60. The molecule has 0 bridgehead atoms. The summed E-state index contributed by atoms with van der Waals surface area (Å²) in [5, 5.41) is 0. The minimum absolute atomic E-state index is 0.0461. The Balaban J connectivity index is 1.89. The molecule has 104 valence electrons. The molecule has 0 amide bonds. The Bertz CT molecular complexity index is 481. The first-order chi connectivity index (χ1) is 9.13. The molecule has 2 N–H and O–H groups in total. The summed E-state index contributed by atoms with van der Waals surface area (Å²) in [4.78, 5) is 0. The van der Waals surface area contributed by atoms with E-state index in [4.69, 9.17) is 15.2 Å². The molecule has 0 saturated heterocycles. The van der Waals surface area contributed by atoms with E-state index in [2.05, 4.69) is 15.9 Å². The van der Waals surface area contributed by atoms with Crippen molar-refractivity contribution in [1.29, 1.82) is 0 Å². The molecule has 0 heterocycles. The van der Waals surface area contributed by atoms with Crippen molar-refractivity contribution in [3.05, 3.63) is 22.2 Å². The molecule has 2 aliphatic carbocycles. The number of benzene rings is 1. The second-order valence-corrected chi connectivity index (χ2v) is 6.60. The van der Waals surface area contributed by atoms with E-state index in [-0.39, 0.29) is 6.04 Å². The van der Waals surface area contributed by atoms with E-state index in [0.717, 1.165) is 33.4 Å². The predicted octanol–water partition coefficient (Wildman–Crippen LogP) is 3.51. The van der Waals surface area contributed by atoms with Gasteiger partial charge in [0.25, 0.3) is 0 Å². The monoisotopic (exact) mass is 325 g/mol. The molecule has 3 nitrogen and oxygen atoms in total. The van der Waals surface area contributed by atoms with Gasteiger partial charge in [0.1, 0.15) is 11.5 Å². The highest BCUT2D eigenvalue weighted by atomic mass is 79.9. The van der Waals surface area contributed by atoms with Crippen LogP contribution in [0.4, 0.5) is 0 Å². The summed E-state index contributed by atoms with van der Waals surface area (Å²) >= 11 is 3.49. The number of rotatable bonds is 4. The van der Waals surface area contributed by atoms with Crippen LogP contribution in [0.25, 0.3) is 0 Å². The molecular formula is C15H20BrNO2. The Morgan fingerprint density at radius 3 is 2.32 bits per heavy atom. The molecule has 3 atom stereocenters. The molecule has 19 heavy (non-hydrogen) atoms. The summed E-state index contributed by atoms with van der Waals surface area (Å²) in [5.74, 6) is 4.14. The summed E-state index contributed by atoms with van der Waals surface area (Å²) < 4.78 is 11.7. The first kappa shape index (κ1) is 13.3. The standard InChI is InChI=1S/C15H20BrNO2/c1-18-13-7-12(16)14(19-2)6-11(13)15(17)10-4-8-3-9(8)5-10/h6-10,15H,3-5,17H2,1-2H3. The first-order valence-electron chi connectivity index (χ1n) is 6.81. The second kappa shape index (κ2) is 4.98. The van der Waals surface area contributed by atoms with Crippen molar-refractivity contribution in [2.45, 2.75) is 25.3 Å². The summed E-state index contributed by atoms with van der Waals surface area (Å²) in [5.41, 5.74) is 7.55. The minimum atomic E-state index is 0.0461. The molecule has 0 spiro atoms. The van der Waals surface area contributed by atoms with Crippen LogP contribution in [0.5, 0.6) is 11.5 Å². The number of hydrogen-bond acceptors (Lipinski definition) is 3. The summed E-state index contributed by atoms with van der Waals surface area (Å²) in [6, 6.07) is 4.01. The number of fused-ring (bicyclic) bond motifs is 1. The highest BCUT2D eigenvalue weighted by molar-refractivity contribution is 9.10. The summed E-state index contributed by atoms with van der Waals surface area (Å²) in [6.07, 6.45) is 3.96. The van der Waals surface area contributed by atoms with Gasteiger partial charge in [0.15, 0.2) is 0 Å². The highest BCUT2D eigenvalue weighted by Gasteiger charge is 2.47. The van der Waals surface area contributed by atoms with E-state index in [9.17, 15) is 0 Å². The third-order valence-electron chi connectivity index (χ3n) is 4.65. The Hall–Kier alpha value is -0.740. The van der Waals surface area contributed by atoms with Crippen LogP contribution in [0.2, 0.25) is 0 Å². The Morgan fingerprint density at radius 2 is 1.74 bits per heavy atom. The molecule has 1 aromatic carbocycles. The lowest BCUT2D eigenvalue weighted by Gasteiger charge is -2.23. The van der Waals surface area contributed by atoms with Crippen LogP contribution < -0.4 is 15.2 Å². The van der Waals surface area contributed by atoms with Crippen molar-refractivity contribution in [1.82, 2.24) is 0 Å². The average Bonchev–Trinajstić information content (AvgIpc) is 3.04. The maximum absolute atomic E-state index is 6.48. The van der Waals surface area contributed by atoms with Gasteiger partial charge in [-0.2, -0.15) is 0 Å². The van der Waals surface area contributed by atoms with Crippen molar-refractivity contribution in [3.63, 3.8) is 0 Å². The fourth-order valence-corrected chi connectivity index (χ4v) is 3.94. The van der Waals surface area contributed by atoms with Gasteiger partial charge in [0.2, 0.25) is 0 Å². The van der Waals surface area contributed by atoms with Crippen LogP contribution in [0, 0.1) is 17.8 Å². The van der Waals surface area contributed by atoms with Crippen molar-refractivity contribution in [2.75, 3.05) is 14.2 Å². The van der Waals surface area contributed by atoms with E-state index < -0.39 is 0 Å². The fourth-order valence-electron chi connectivity index (χ4n) is 3.45. The molecule has 4 heteroatoms. The van der Waals surface area contributed by atoms with E-state index >= 15 is 0 Å². The fraction of sp³-hybridized carbons (Fsp3) is 0.600. The number of methoxy groups -OCH3 is 2. The van der Waals surface area contributed by atoms with Crippen molar-refractivity contribution >= 4 is 15.9 Å². The SMILES string of the molecule is COc1cc(C(N)C2CC3CC3C2)c(OC)cc1Br. The zero-order valence-electron chi connectivity index (χ0n) is 11.4. The zero-order valence-corrected chi connectivity index (χ0v) is 12.9. The Morgan fingerprint density at radius 1 is 1.11 bits per heavy atom. The smallest absolute Gasteiger partial charge is 0.133 e. The summed E-state index contributed by atoms with van der Waals surface area (Å²) in [7, 11) is 3.36. The van der Waals surface area contributed by atoms with E-state index in [1.807, 2.05) is 12.1 Å². The number of nitrogens with two attached hydrogens (primary N) is 1. The van der Waals surface area contributed by atoms with Crippen LogP contribution in [-0.4, -0.2) is 14.2 Å². The van der Waals surface area contributed by atoms with Crippen LogP contribution in [0.3, 0.4) is 0 Å². The molecule has 3 unspecified atom stereocenters. The maximum atomic E-state index is 6.48. The Kier molecular flexibility index (Phi) is 3.48. The van der Waals surface area contributed by atoms with Gasteiger partial charge in [-0.25, -0.2) is 0 Å². The third kappa shape index (κ3) is 2.36. The lowest BCUT2D eigenvalue weighted by atomic mass is 9.89. The number of halogens is 1. The molecule has 0 aliphatic heterocycles. The van der Waals surface area contributed by atoms with Crippen LogP contribution in [-0.2, 0) is 0 Å². The molecule has 3 rings (SSSR count). The van der Waals surface area contributed by atoms with Gasteiger partial charge in [0.05, 0.1) is 18.7 Å². The average molecular weight is 326 g/mol.